The fourth-order valence-corrected chi connectivity index (χ4v) is 2.14. The van der Waals surface area contributed by atoms with E-state index in [9.17, 15) is 0 Å². The summed E-state index contributed by atoms with van der Waals surface area (Å²) in [7, 11) is 0. The van der Waals surface area contributed by atoms with Gasteiger partial charge >= 0.3 is 0 Å². The molecule has 3 rings (SSSR count). The molecule has 3 nitrogen and oxygen atoms in total. The van der Waals surface area contributed by atoms with E-state index in [4.69, 9.17) is 4.74 Å². The lowest BCUT2D eigenvalue weighted by Gasteiger charge is -2.20. The number of hydrogen-bond acceptors (Lipinski definition) is 3. The van der Waals surface area contributed by atoms with Crippen molar-refractivity contribution in [2.24, 2.45) is 4.99 Å². The van der Waals surface area contributed by atoms with Crippen molar-refractivity contribution in [2.45, 2.75) is 0 Å². The molecule has 0 atom stereocenters. The average Bonchev–Trinajstić information content (AvgIpc) is 2.95. The van der Waals surface area contributed by atoms with Gasteiger partial charge < -0.3 is 9.64 Å². The molecule has 0 aliphatic carbocycles. The molecule has 0 aromatic heterocycles. The normalized spacial score (nSPS) is 14.3. The van der Waals surface area contributed by atoms with Crippen molar-refractivity contribution in [3.8, 4) is 5.75 Å². The summed E-state index contributed by atoms with van der Waals surface area (Å²) in [5.41, 5.74) is 1.15. The molecule has 19 heavy (non-hydrogen) atoms. The topological polar surface area (TPSA) is 24.8 Å². The summed E-state index contributed by atoms with van der Waals surface area (Å²) in [6.45, 7) is 2.29. The highest BCUT2D eigenvalue weighted by molar-refractivity contribution is 5.99. The van der Waals surface area contributed by atoms with Crippen LogP contribution >= 0.6 is 0 Å². The first-order valence-corrected chi connectivity index (χ1v) is 6.46. The van der Waals surface area contributed by atoms with Gasteiger partial charge in [0, 0.05) is 12.1 Å². The Labute approximate surface area is 113 Å². The SMILES string of the molecule is c1ccc(OCN2CCN=C2c2ccccc2)cc1. The van der Waals surface area contributed by atoms with E-state index in [0.717, 1.165) is 30.2 Å². The smallest absolute Gasteiger partial charge is 0.162 e. The molecule has 0 N–H and O–H groups in total. The van der Waals surface area contributed by atoms with Gasteiger partial charge in [-0.2, -0.15) is 0 Å². The van der Waals surface area contributed by atoms with Gasteiger partial charge in [0.05, 0.1) is 6.54 Å². The molecule has 1 aliphatic rings. The van der Waals surface area contributed by atoms with Gasteiger partial charge in [-0.15, -0.1) is 0 Å². The summed E-state index contributed by atoms with van der Waals surface area (Å²) >= 11 is 0. The van der Waals surface area contributed by atoms with Gasteiger partial charge in [-0.25, -0.2) is 0 Å². The second-order valence-corrected chi connectivity index (χ2v) is 4.42. The van der Waals surface area contributed by atoms with Crippen molar-refractivity contribution >= 4 is 5.84 Å². The third kappa shape index (κ3) is 2.76. The Hall–Kier alpha value is -2.29. The Bertz CT molecular complexity index is 551. The van der Waals surface area contributed by atoms with E-state index in [1.165, 1.54) is 0 Å². The second-order valence-electron chi connectivity index (χ2n) is 4.42. The molecule has 0 radical (unpaired) electrons. The summed E-state index contributed by atoms with van der Waals surface area (Å²) in [5, 5.41) is 0. The number of hydrogen-bond donors (Lipinski definition) is 0. The van der Waals surface area contributed by atoms with Crippen LogP contribution in [0.2, 0.25) is 0 Å². The van der Waals surface area contributed by atoms with Crippen LogP contribution in [-0.2, 0) is 0 Å². The maximum atomic E-state index is 5.79. The zero-order valence-corrected chi connectivity index (χ0v) is 10.7. The van der Waals surface area contributed by atoms with E-state index >= 15 is 0 Å². The molecule has 2 aromatic rings. The van der Waals surface area contributed by atoms with Crippen LogP contribution in [-0.4, -0.2) is 30.6 Å². The number of amidine groups is 1. The van der Waals surface area contributed by atoms with Crippen molar-refractivity contribution in [3.05, 3.63) is 66.2 Å². The number of ether oxygens (including phenoxy) is 1. The first kappa shape index (κ1) is 11.8. The summed E-state index contributed by atoms with van der Waals surface area (Å²) in [6, 6.07) is 20.1. The van der Waals surface area contributed by atoms with Crippen molar-refractivity contribution in [2.75, 3.05) is 19.8 Å². The van der Waals surface area contributed by atoms with E-state index in [2.05, 4.69) is 22.0 Å². The van der Waals surface area contributed by atoms with E-state index < -0.39 is 0 Å². The fraction of sp³-hybridized carbons (Fsp3) is 0.188. The highest BCUT2D eigenvalue weighted by atomic mass is 16.5. The van der Waals surface area contributed by atoms with Crippen LogP contribution in [0.3, 0.4) is 0 Å². The highest BCUT2D eigenvalue weighted by Gasteiger charge is 2.18. The molecule has 0 unspecified atom stereocenters. The largest absolute Gasteiger partial charge is 0.473 e. The third-order valence-electron chi connectivity index (χ3n) is 3.09. The lowest BCUT2D eigenvalue weighted by Crippen LogP contribution is -2.32. The van der Waals surface area contributed by atoms with Crippen molar-refractivity contribution < 1.29 is 4.74 Å². The quantitative estimate of drug-likeness (QED) is 0.836. The first-order chi connectivity index (χ1) is 9.43. The number of benzene rings is 2. The fourth-order valence-electron chi connectivity index (χ4n) is 2.14. The van der Waals surface area contributed by atoms with Crippen LogP contribution in [0.5, 0.6) is 5.75 Å². The van der Waals surface area contributed by atoms with E-state index in [1.807, 2.05) is 48.5 Å². The van der Waals surface area contributed by atoms with Gasteiger partial charge in [0.2, 0.25) is 0 Å². The van der Waals surface area contributed by atoms with Crippen molar-refractivity contribution in [3.63, 3.8) is 0 Å². The predicted molar refractivity (Wildman–Crippen MR) is 76.5 cm³/mol. The minimum atomic E-state index is 0.539. The van der Waals surface area contributed by atoms with Crippen LogP contribution in [0.25, 0.3) is 0 Å². The Balaban J connectivity index is 1.67. The van der Waals surface area contributed by atoms with Gasteiger partial charge in [-0.1, -0.05) is 48.5 Å². The van der Waals surface area contributed by atoms with Crippen LogP contribution in [0.4, 0.5) is 0 Å². The number of rotatable bonds is 4. The van der Waals surface area contributed by atoms with Gasteiger partial charge in [0.1, 0.15) is 11.6 Å². The van der Waals surface area contributed by atoms with Crippen LogP contribution in [0.1, 0.15) is 5.56 Å². The van der Waals surface area contributed by atoms with Gasteiger partial charge in [-0.3, -0.25) is 4.99 Å². The molecule has 2 aromatic carbocycles. The number of nitrogens with zero attached hydrogens (tertiary/aromatic N) is 2. The maximum absolute atomic E-state index is 5.79. The molecule has 0 spiro atoms. The Morgan fingerprint density at radius 2 is 1.63 bits per heavy atom. The Morgan fingerprint density at radius 1 is 0.947 bits per heavy atom. The van der Waals surface area contributed by atoms with Gasteiger partial charge in [0.25, 0.3) is 0 Å². The van der Waals surface area contributed by atoms with Gasteiger partial charge in [0.15, 0.2) is 6.73 Å². The molecule has 0 bridgehead atoms. The van der Waals surface area contributed by atoms with E-state index in [0.29, 0.717) is 6.73 Å². The molecule has 1 aliphatic heterocycles. The molecular weight excluding hydrogens is 236 g/mol. The second kappa shape index (κ2) is 5.57. The average molecular weight is 252 g/mol. The molecular formula is C16H16N2O. The number of aliphatic imine (C=N–C) groups is 1. The van der Waals surface area contributed by atoms with Crippen molar-refractivity contribution in [1.29, 1.82) is 0 Å². The van der Waals surface area contributed by atoms with E-state index in [1.54, 1.807) is 0 Å². The standard InChI is InChI=1S/C16H16N2O/c1-3-7-14(8-4-1)16-17-11-12-18(16)13-19-15-9-5-2-6-10-15/h1-10H,11-13H2. The minimum absolute atomic E-state index is 0.539. The van der Waals surface area contributed by atoms with Crippen LogP contribution in [0.15, 0.2) is 65.7 Å². The highest BCUT2D eigenvalue weighted by Crippen LogP contribution is 2.13. The lowest BCUT2D eigenvalue weighted by molar-refractivity contribution is 0.202. The summed E-state index contributed by atoms with van der Waals surface area (Å²) < 4.78 is 5.79. The lowest BCUT2D eigenvalue weighted by atomic mass is 10.2. The monoisotopic (exact) mass is 252 g/mol. The van der Waals surface area contributed by atoms with Crippen LogP contribution < -0.4 is 4.74 Å². The summed E-state index contributed by atoms with van der Waals surface area (Å²) in [4.78, 5) is 6.73. The molecule has 0 saturated heterocycles. The third-order valence-corrected chi connectivity index (χ3v) is 3.09. The molecule has 0 saturated carbocycles. The van der Waals surface area contributed by atoms with E-state index in [-0.39, 0.29) is 0 Å². The Morgan fingerprint density at radius 3 is 2.37 bits per heavy atom. The molecule has 96 valence electrons. The zero-order chi connectivity index (χ0) is 12.9. The van der Waals surface area contributed by atoms with Gasteiger partial charge in [-0.05, 0) is 12.1 Å². The summed E-state index contributed by atoms with van der Waals surface area (Å²) in [5.74, 6) is 1.92. The Kier molecular flexibility index (Phi) is 3.45. The first-order valence-electron chi connectivity index (χ1n) is 6.46. The zero-order valence-electron chi connectivity index (χ0n) is 10.7. The molecule has 3 heteroatoms. The summed E-state index contributed by atoms with van der Waals surface area (Å²) in [6.07, 6.45) is 0. The predicted octanol–water partition coefficient (Wildman–Crippen LogP) is 2.79. The van der Waals surface area contributed by atoms with Crippen LogP contribution in [0, 0.1) is 0 Å². The number of para-hydroxylation sites is 1. The molecule has 1 heterocycles. The van der Waals surface area contributed by atoms with Crippen molar-refractivity contribution in [1.82, 2.24) is 4.90 Å². The minimum Gasteiger partial charge on any atom is -0.473 e. The molecule has 0 fully saturated rings. The molecule has 0 amide bonds. The maximum Gasteiger partial charge on any atom is 0.162 e.